The van der Waals surface area contributed by atoms with Crippen LogP contribution in [0.4, 0.5) is 0 Å². The SMILES string of the molecule is CC(CC=O)c1ccc(C2CCCCC2)c(Cl)c1. The average Bonchev–Trinajstić information content (AvgIpc) is 2.40. The smallest absolute Gasteiger partial charge is 0.120 e. The normalized spacial score (nSPS) is 18.6. The molecule has 0 aromatic heterocycles. The van der Waals surface area contributed by atoms with E-state index in [0.717, 1.165) is 11.3 Å². The quantitative estimate of drug-likeness (QED) is 0.693. The summed E-state index contributed by atoms with van der Waals surface area (Å²) in [6, 6.07) is 6.37. The number of benzene rings is 1. The van der Waals surface area contributed by atoms with E-state index in [1.807, 2.05) is 0 Å². The molecule has 0 amide bonds. The molecule has 18 heavy (non-hydrogen) atoms. The third-order valence-corrected chi connectivity index (χ3v) is 4.42. The second kappa shape index (κ2) is 6.38. The number of halogens is 1. The zero-order valence-electron chi connectivity index (χ0n) is 11.0. The van der Waals surface area contributed by atoms with Gasteiger partial charge in [-0.1, -0.05) is 49.9 Å². The molecule has 0 spiro atoms. The van der Waals surface area contributed by atoms with E-state index in [4.69, 9.17) is 11.6 Å². The molecule has 1 aromatic rings. The fourth-order valence-corrected chi connectivity index (χ4v) is 3.22. The Hall–Kier alpha value is -0.820. The maximum atomic E-state index is 10.6. The van der Waals surface area contributed by atoms with Crippen molar-refractivity contribution in [2.45, 2.75) is 57.3 Å². The zero-order valence-corrected chi connectivity index (χ0v) is 11.7. The van der Waals surface area contributed by atoms with E-state index < -0.39 is 0 Å². The van der Waals surface area contributed by atoms with Crippen molar-refractivity contribution in [3.05, 3.63) is 34.3 Å². The van der Waals surface area contributed by atoms with Gasteiger partial charge in [-0.25, -0.2) is 0 Å². The van der Waals surface area contributed by atoms with Gasteiger partial charge < -0.3 is 4.79 Å². The summed E-state index contributed by atoms with van der Waals surface area (Å²) in [6.45, 7) is 2.07. The van der Waals surface area contributed by atoms with Gasteiger partial charge in [-0.2, -0.15) is 0 Å². The van der Waals surface area contributed by atoms with Crippen LogP contribution in [0.15, 0.2) is 18.2 Å². The van der Waals surface area contributed by atoms with Crippen LogP contribution in [0.3, 0.4) is 0 Å². The van der Waals surface area contributed by atoms with Crippen LogP contribution in [-0.4, -0.2) is 6.29 Å². The molecule has 2 rings (SSSR count). The van der Waals surface area contributed by atoms with E-state index in [2.05, 4.69) is 25.1 Å². The van der Waals surface area contributed by atoms with E-state index in [1.165, 1.54) is 43.2 Å². The Balaban J connectivity index is 2.16. The largest absolute Gasteiger partial charge is 0.303 e. The maximum Gasteiger partial charge on any atom is 0.120 e. The second-order valence-electron chi connectivity index (χ2n) is 5.42. The molecule has 0 saturated heterocycles. The van der Waals surface area contributed by atoms with Crippen molar-refractivity contribution < 1.29 is 4.79 Å². The number of hydrogen-bond acceptors (Lipinski definition) is 1. The minimum atomic E-state index is 0.264. The van der Waals surface area contributed by atoms with Gasteiger partial charge in [-0.05, 0) is 41.9 Å². The van der Waals surface area contributed by atoms with Gasteiger partial charge in [0.15, 0.2) is 0 Å². The van der Waals surface area contributed by atoms with Crippen LogP contribution in [-0.2, 0) is 4.79 Å². The third kappa shape index (κ3) is 3.14. The van der Waals surface area contributed by atoms with E-state index in [1.54, 1.807) is 0 Å². The monoisotopic (exact) mass is 264 g/mol. The standard InChI is InChI=1S/C16H21ClO/c1-12(9-10-18)14-7-8-15(16(17)11-14)13-5-3-2-4-6-13/h7-8,10-13H,2-6,9H2,1H3. The van der Waals surface area contributed by atoms with E-state index in [-0.39, 0.29) is 5.92 Å². The van der Waals surface area contributed by atoms with Crippen molar-refractivity contribution in [2.75, 3.05) is 0 Å². The summed E-state index contributed by atoms with van der Waals surface area (Å²) in [5.74, 6) is 0.905. The molecule has 1 unspecified atom stereocenters. The van der Waals surface area contributed by atoms with Crippen molar-refractivity contribution in [3.8, 4) is 0 Å². The van der Waals surface area contributed by atoms with Gasteiger partial charge in [0.05, 0.1) is 0 Å². The van der Waals surface area contributed by atoms with Crippen LogP contribution in [0.25, 0.3) is 0 Å². The summed E-state index contributed by atoms with van der Waals surface area (Å²) >= 11 is 6.42. The van der Waals surface area contributed by atoms with Crippen LogP contribution < -0.4 is 0 Å². The molecule has 98 valence electrons. The van der Waals surface area contributed by atoms with Gasteiger partial charge in [-0.15, -0.1) is 0 Å². The van der Waals surface area contributed by atoms with Crippen molar-refractivity contribution in [2.24, 2.45) is 0 Å². The van der Waals surface area contributed by atoms with Crippen molar-refractivity contribution in [1.29, 1.82) is 0 Å². The lowest BCUT2D eigenvalue weighted by Crippen LogP contribution is -2.05. The average molecular weight is 265 g/mol. The minimum Gasteiger partial charge on any atom is -0.303 e. The number of rotatable bonds is 4. The molecule has 1 saturated carbocycles. The number of hydrogen-bond donors (Lipinski definition) is 0. The van der Waals surface area contributed by atoms with Crippen LogP contribution in [0.2, 0.25) is 5.02 Å². The summed E-state index contributed by atoms with van der Waals surface area (Å²) in [4.78, 5) is 10.6. The maximum absolute atomic E-state index is 10.6. The molecule has 1 aliphatic rings. The van der Waals surface area contributed by atoms with Crippen LogP contribution in [0.5, 0.6) is 0 Å². The highest BCUT2D eigenvalue weighted by Crippen LogP contribution is 2.37. The van der Waals surface area contributed by atoms with E-state index in [9.17, 15) is 4.79 Å². The Bertz CT molecular complexity index is 408. The number of carbonyl (C=O) groups is 1. The van der Waals surface area contributed by atoms with Gasteiger partial charge >= 0.3 is 0 Å². The van der Waals surface area contributed by atoms with Gasteiger partial charge in [0.25, 0.3) is 0 Å². The number of aldehydes is 1. The summed E-state index contributed by atoms with van der Waals surface area (Å²) in [7, 11) is 0. The topological polar surface area (TPSA) is 17.1 Å². The van der Waals surface area contributed by atoms with Crippen molar-refractivity contribution in [3.63, 3.8) is 0 Å². The molecule has 1 aliphatic carbocycles. The van der Waals surface area contributed by atoms with Crippen molar-refractivity contribution in [1.82, 2.24) is 0 Å². The van der Waals surface area contributed by atoms with Crippen LogP contribution in [0, 0.1) is 0 Å². The van der Waals surface area contributed by atoms with Crippen LogP contribution in [0.1, 0.15) is 68.4 Å². The molecule has 0 bridgehead atoms. The first kappa shape index (κ1) is 13.6. The molecule has 1 nitrogen and oxygen atoms in total. The van der Waals surface area contributed by atoms with Gasteiger partial charge in [-0.3, -0.25) is 0 Å². The molecule has 2 heteroatoms. The molecule has 1 aromatic carbocycles. The third-order valence-electron chi connectivity index (χ3n) is 4.09. The highest BCUT2D eigenvalue weighted by atomic mass is 35.5. The Morgan fingerprint density at radius 1 is 1.33 bits per heavy atom. The first-order valence-electron chi connectivity index (χ1n) is 6.95. The Morgan fingerprint density at radius 3 is 2.67 bits per heavy atom. The lowest BCUT2D eigenvalue weighted by Gasteiger charge is -2.23. The van der Waals surface area contributed by atoms with Gasteiger partial charge in [0.1, 0.15) is 6.29 Å². The zero-order chi connectivity index (χ0) is 13.0. The summed E-state index contributed by atoms with van der Waals surface area (Å²) in [5, 5.41) is 0.886. The highest BCUT2D eigenvalue weighted by molar-refractivity contribution is 6.31. The van der Waals surface area contributed by atoms with Crippen molar-refractivity contribution >= 4 is 17.9 Å². The Labute approximate surface area is 115 Å². The van der Waals surface area contributed by atoms with Crippen LogP contribution >= 0.6 is 11.6 Å². The number of carbonyl (C=O) groups excluding carboxylic acids is 1. The Morgan fingerprint density at radius 2 is 2.06 bits per heavy atom. The molecule has 0 aliphatic heterocycles. The lowest BCUT2D eigenvalue weighted by atomic mass is 9.83. The fraction of sp³-hybridized carbons (Fsp3) is 0.562. The minimum absolute atomic E-state index is 0.264. The predicted molar refractivity (Wildman–Crippen MR) is 76.4 cm³/mol. The molecule has 0 N–H and O–H groups in total. The van der Waals surface area contributed by atoms with E-state index >= 15 is 0 Å². The molecule has 1 fully saturated rings. The molecular formula is C16H21ClO. The first-order chi connectivity index (χ1) is 8.72. The summed E-state index contributed by atoms with van der Waals surface area (Å²) in [6.07, 6.45) is 8.09. The second-order valence-corrected chi connectivity index (χ2v) is 5.83. The lowest BCUT2D eigenvalue weighted by molar-refractivity contribution is -0.108. The summed E-state index contributed by atoms with van der Waals surface area (Å²) in [5.41, 5.74) is 2.48. The molecule has 0 heterocycles. The molecule has 0 radical (unpaired) electrons. The fourth-order valence-electron chi connectivity index (χ4n) is 2.88. The predicted octanol–water partition coefficient (Wildman–Crippen LogP) is 5.08. The summed E-state index contributed by atoms with van der Waals surface area (Å²) < 4.78 is 0. The Kier molecular flexibility index (Phi) is 4.82. The highest BCUT2D eigenvalue weighted by Gasteiger charge is 2.18. The molecule has 1 atom stereocenters. The van der Waals surface area contributed by atoms with Gasteiger partial charge in [0, 0.05) is 11.4 Å². The molecular weight excluding hydrogens is 244 g/mol. The first-order valence-corrected chi connectivity index (χ1v) is 7.33. The van der Waals surface area contributed by atoms with Gasteiger partial charge in [0.2, 0.25) is 0 Å². The van der Waals surface area contributed by atoms with E-state index in [0.29, 0.717) is 12.3 Å².